The summed E-state index contributed by atoms with van der Waals surface area (Å²) in [7, 11) is 1.56. The summed E-state index contributed by atoms with van der Waals surface area (Å²) in [4.78, 5) is 12.2. The van der Waals surface area contributed by atoms with E-state index in [1.54, 1.807) is 43.5 Å². The van der Waals surface area contributed by atoms with Crippen LogP contribution in [0.5, 0.6) is 11.5 Å². The van der Waals surface area contributed by atoms with Crippen LogP contribution in [0.15, 0.2) is 40.9 Å². The Hall–Kier alpha value is -2.01. The molecule has 0 fully saturated rings. The summed E-state index contributed by atoms with van der Waals surface area (Å²) in [6, 6.07) is 10.2. The van der Waals surface area contributed by atoms with Crippen LogP contribution in [0.1, 0.15) is 15.9 Å². The molecule has 104 valence electrons. The summed E-state index contributed by atoms with van der Waals surface area (Å²) in [5.41, 5.74) is 1.70. The van der Waals surface area contributed by atoms with Crippen molar-refractivity contribution in [1.29, 1.82) is 0 Å². The minimum atomic E-state index is -0.378. The van der Waals surface area contributed by atoms with E-state index in [2.05, 4.69) is 21.2 Å². The van der Waals surface area contributed by atoms with E-state index in [-0.39, 0.29) is 17.2 Å². The first-order valence-electron chi connectivity index (χ1n) is 5.96. The van der Waals surface area contributed by atoms with E-state index in [1.807, 2.05) is 6.92 Å². The summed E-state index contributed by atoms with van der Waals surface area (Å²) in [6.45, 7) is 1.85. The van der Waals surface area contributed by atoms with Gasteiger partial charge in [-0.15, -0.1) is 0 Å². The van der Waals surface area contributed by atoms with Crippen LogP contribution in [-0.4, -0.2) is 18.1 Å². The summed E-state index contributed by atoms with van der Waals surface area (Å²) in [6.07, 6.45) is 0. The number of benzene rings is 2. The van der Waals surface area contributed by atoms with Gasteiger partial charge in [-0.2, -0.15) is 0 Å². The molecule has 2 aromatic rings. The van der Waals surface area contributed by atoms with E-state index < -0.39 is 0 Å². The van der Waals surface area contributed by atoms with Gasteiger partial charge >= 0.3 is 0 Å². The second-order valence-electron chi connectivity index (χ2n) is 4.32. The summed E-state index contributed by atoms with van der Waals surface area (Å²) in [5.74, 6) is 0.217. The number of carbonyl (C=O) groups is 1. The normalized spacial score (nSPS) is 10.2. The number of carbonyl (C=O) groups excluding carboxylic acids is 1. The molecule has 0 saturated carbocycles. The molecule has 0 radical (unpaired) electrons. The Morgan fingerprint density at radius 2 is 2.00 bits per heavy atom. The Balaban J connectivity index is 2.27. The average molecular weight is 336 g/mol. The molecule has 2 N–H and O–H groups in total. The SMILES string of the molecule is COc1ccc(Br)c(NC(=O)c2ccc(C)cc2O)c1. The fourth-order valence-electron chi connectivity index (χ4n) is 1.75. The number of methoxy groups -OCH3 is 1. The zero-order chi connectivity index (χ0) is 14.7. The smallest absolute Gasteiger partial charge is 0.259 e. The van der Waals surface area contributed by atoms with Crippen LogP contribution in [0.4, 0.5) is 5.69 Å². The van der Waals surface area contributed by atoms with E-state index in [9.17, 15) is 9.90 Å². The first-order chi connectivity index (χ1) is 9.51. The summed E-state index contributed by atoms with van der Waals surface area (Å²) in [5, 5.41) is 12.5. The number of halogens is 1. The fourth-order valence-corrected chi connectivity index (χ4v) is 2.10. The van der Waals surface area contributed by atoms with Gasteiger partial charge in [0, 0.05) is 10.5 Å². The molecule has 0 bridgehead atoms. The van der Waals surface area contributed by atoms with Crippen molar-refractivity contribution >= 4 is 27.5 Å². The van der Waals surface area contributed by atoms with E-state index in [0.717, 1.165) is 10.0 Å². The second kappa shape index (κ2) is 5.96. The number of amides is 1. The number of aromatic hydroxyl groups is 1. The third kappa shape index (κ3) is 3.11. The number of hydrogen-bond donors (Lipinski definition) is 2. The van der Waals surface area contributed by atoms with Crippen molar-refractivity contribution in [1.82, 2.24) is 0 Å². The Morgan fingerprint density at radius 3 is 2.65 bits per heavy atom. The third-order valence-electron chi connectivity index (χ3n) is 2.82. The molecule has 0 unspecified atom stereocenters. The molecule has 0 aliphatic carbocycles. The van der Waals surface area contributed by atoms with Gasteiger partial charge in [-0.25, -0.2) is 0 Å². The number of aryl methyl sites for hydroxylation is 1. The maximum atomic E-state index is 12.2. The van der Waals surface area contributed by atoms with Crippen molar-refractivity contribution in [3.63, 3.8) is 0 Å². The highest BCUT2D eigenvalue weighted by Crippen LogP contribution is 2.28. The van der Waals surface area contributed by atoms with Gasteiger partial charge < -0.3 is 15.2 Å². The maximum absolute atomic E-state index is 12.2. The monoisotopic (exact) mass is 335 g/mol. The lowest BCUT2D eigenvalue weighted by Gasteiger charge is -2.10. The van der Waals surface area contributed by atoms with E-state index in [0.29, 0.717) is 11.4 Å². The van der Waals surface area contributed by atoms with Gasteiger partial charge in [0.15, 0.2) is 0 Å². The fraction of sp³-hybridized carbons (Fsp3) is 0.133. The molecule has 0 atom stereocenters. The van der Waals surface area contributed by atoms with Crippen molar-refractivity contribution in [2.45, 2.75) is 6.92 Å². The van der Waals surface area contributed by atoms with Crippen LogP contribution < -0.4 is 10.1 Å². The molecule has 2 aromatic carbocycles. The van der Waals surface area contributed by atoms with Gasteiger partial charge in [-0.1, -0.05) is 6.07 Å². The molecular formula is C15H14BrNO3. The second-order valence-corrected chi connectivity index (χ2v) is 5.17. The molecule has 1 amide bonds. The zero-order valence-corrected chi connectivity index (χ0v) is 12.7. The highest BCUT2D eigenvalue weighted by Gasteiger charge is 2.13. The quantitative estimate of drug-likeness (QED) is 0.898. The Kier molecular flexibility index (Phi) is 4.29. The summed E-state index contributed by atoms with van der Waals surface area (Å²) < 4.78 is 5.85. The lowest BCUT2D eigenvalue weighted by molar-refractivity contribution is 0.102. The Morgan fingerprint density at radius 1 is 1.25 bits per heavy atom. The molecule has 0 saturated heterocycles. The van der Waals surface area contributed by atoms with Crippen molar-refractivity contribution in [3.8, 4) is 11.5 Å². The van der Waals surface area contributed by atoms with Crippen LogP contribution >= 0.6 is 15.9 Å². The van der Waals surface area contributed by atoms with Gasteiger partial charge in [0.1, 0.15) is 11.5 Å². The third-order valence-corrected chi connectivity index (χ3v) is 3.51. The van der Waals surface area contributed by atoms with Crippen molar-refractivity contribution in [2.75, 3.05) is 12.4 Å². The largest absolute Gasteiger partial charge is 0.507 e. The predicted octanol–water partition coefficient (Wildman–Crippen LogP) is 3.72. The first kappa shape index (κ1) is 14.4. The summed E-state index contributed by atoms with van der Waals surface area (Å²) >= 11 is 3.36. The lowest BCUT2D eigenvalue weighted by atomic mass is 10.1. The van der Waals surface area contributed by atoms with E-state index in [1.165, 1.54) is 0 Å². The van der Waals surface area contributed by atoms with Crippen LogP contribution in [0.3, 0.4) is 0 Å². The van der Waals surface area contributed by atoms with Crippen LogP contribution in [0.2, 0.25) is 0 Å². The molecule has 0 aliphatic rings. The highest BCUT2D eigenvalue weighted by molar-refractivity contribution is 9.10. The number of phenolic OH excluding ortho intramolecular Hbond substituents is 1. The maximum Gasteiger partial charge on any atom is 0.259 e. The number of ether oxygens (including phenoxy) is 1. The van der Waals surface area contributed by atoms with Crippen molar-refractivity contribution in [2.24, 2.45) is 0 Å². The number of nitrogens with one attached hydrogen (secondary N) is 1. The van der Waals surface area contributed by atoms with Crippen LogP contribution in [-0.2, 0) is 0 Å². The Bertz CT molecular complexity index is 656. The lowest BCUT2D eigenvalue weighted by Crippen LogP contribution is -2.12. The highest BCUT2D eigenvalue weighted by atomic mass is 79.9. The molecule has 0 heterocycles. The van der Waals surface area contributed by atoms with Gasteiger partial charge in [0.2, 0.25) is 0 Å². The zero-order valence-electron chi connectivity index (χ0n) is 11.1. The average Bonchev–Trinajstić information content (AvgIpc) is 2.41. The minimum absolute atomic E-state index is 0.0403. The molecule has 4 nitrogen and oxygen atoms in total. The van der Waals surface area contributed by atoms with E-state index >= 15 is 0 Å². The van der Waals surface area contributed by atoms with Crippen molar-refractivity contribution in [3.05, 3.63) is 52.0 Å². The first-order valence-corrected chi connectivity index (χ1v) is 6.75. The molecule has 0 aliphatic heterocycles. The molecule has 0 aromatic heterocycles. The van der Waals surface area contributed by atoms with Crippen LogP contribution in [0.25, 0.3) is 0 Å². The van der Waals surface area contributed by atoms with Gasteiger partial charge in [0.05, 0.1) is 18.4 Å². The molecular weight excluding hydrogens is 322 g/mol. The molecule has 20 heavy (non-hydrogen) atoms. The topological polar surface area (TPSA) is 58.6 Å². The number of rotatable bonds is 3. The number of hydrogen-bond acceptors (Lipinski definition) is 3. The van der Waals surface area contributed by atoms with Crippen molar-refractivity contribution < 1.29 is 14.6 Å². The Labute approximate surface area is 125 Å². The predicted molar refractivity (Wildman–Crippen MR) is 81.5 cm³/mol. The van der Waals surface area contributed by atoms with Gasteiger partial charge in [0.25, 0.3) is 5.91 Å². The molecule has 2 rings (SSSR count). The molecule has 5 heteroatoms. The van der Waals surface area contributed by atoms with E-state index in [4.69, 9.17) is 4.74 Å². The number of phenols is 1. The number of anilines is 1. The minimum Gasteiger partial charge on any atom is -0.507 e. The van der Waals surface area contributed by atoms with Crippen LogP contribution in [0, 0.1) is 6.92 Å². The van der Waals surface area contributed by atoms with Gasteiger partial charge in [-0.05, 0) is 52.7 Å². The molecule has 0 spiro atoms. The van der Waals surface area contributed by atoms with Gasteiger partial charge in [-0.3, -0.25) is 4.79 Å². The standard InChI is InChI=1S/C15H14BrNO3/c1-9-3-5-11(14(18)7-9)15(19)17-13-8-10(20-2)4-6-12(13)16/h3-8,18H,1-2H3,(H,17,19).